The second-order valence-electron chi connectivity index (χ2n) is 1.96. The molecule has 2 heterocycles. The molecular formula is C7H4INO. The maximum atomic E-state index is 5.18. The normalized spacial score (nSPS) is 10.5. The summed E-state index contributed by atoms with van der Waals surface area (Å²) in [6.07, 6.45) is 5.21. The Hall–Kier alpha value is -0.580. The van der Waals surface area contributed by atoms with Gasteiger partial charge in [-0.25, -0.2) is 0 Å². The second kappa shape index (κ2) is 2.23. The third kappa shape index (κ3) is 0.811. The van der Waals surface area contributed by atoms with E-state index in [4.69, 9.17) is 4.42 Å². The molecule has 0 spiro atoms. The zero-order valence-corrected chi connectivity index (χ0v) is 7.20. The minimum atomic E-state index is 0.854. The van der Waals surface area contributed by atoms with Crippen LogP contribution in [0.3, 0.4) is 0 Å². The Morgan fingerprint density at radius 1 is 1.50 bits per heavy atom. The minimum absolute atomic E-state index is 0.854. The first-order chi connectivity index (χ1) is 4.88. The van der Waals surface area contributed by atoms with E-state index in [0.29, 0.717) is 0 Å². The van der Waals surface area contributed by atoms with Gasteiger partial charge < -0.3 is 4.42 Å². The molecule has 0 atom stereocenters. The van der Waals surface area contributed by atoms with Crippen molar-refractivity contribution < 1.29 is 4.42 Å². The first-order valence-electron chi connectivity index (χ1n) is 2.84. The van der Waals surface area contributed by atoms with Gasteiger partial charge in [-0.2, -0.15) is 0 Å². The van der Waals surface area contributed by atoms with Crippen molar-refractivity contribution in [1.29, 1.82) is 0 Å². The van der Waals surface area contributed by atoms with Gasteiger partial charge in [-0.3, -0.25) is 4.98 Å². The van der Waals surface area contributed by atoms with Crippen LogP contribution in [0, 0.1) is 3.57 Å². The van der Waals surface area contributed by atoms with Gasteiger partial charge in [0.25, 0.3) is 0 Å². The number of pyridine rings is 1. The SMILES string of the molecule is Ic1coc2cnccc12. The molecule has 0 N–H and O–H groups in total. The van der Waals surface area contributed by atoms with Gasteiger partial charge in [-0.05, 0) is 28.7 Å². The van der Waals surface area contributed by atoms with Crippen LogP contribution in [0.5, 0.6) is 0 Å². The molecule has 10 heavy (non-hydrogen) atoms. The summed E-state index contributed by atoms with van der Waals surface area (Å²) in [5.41, 5.74) is 0.854. The number of hydrogen-bond acceptors (Lipinski definition) is 2. The van der Waals surface area contributed by atoms with Crippen LogP contribution in [0.1, 0.15) is 0 Å². The van der Waals surface area contributed by atoms with Crippen molar-refractivity contribution in [2.24, 2.45) is 0 Å². The summed E-state index contributed by atoms with van der Waals surface area (Å²) in [6, 6.07) is 1.95. The second-order valence-corrected chi connectivity index (χ2v) is 3.12. The standard InChI is InChI=1S/C7H4INO/c8-6-4-10-7-3-9-2-1-5(6)7/h1-4H. The molecule has 50 valence electrons. The summed E-state index contributed by atoms with van der Waals surface area (Å²) >= 11 is 2.23. The van der Waals surface area contributed by atoms with Crippen molar-refractivity contribution in [2.75, 3.05) is 0 Å². The number of halogens is 1. The van der Waals surface area contributed by atoms with Crippen molar-refractivity contribution in [3.05, 3.63) is 28.3 Å². The van der Waals surface area contributed by atoms with E-state index in [-0.39, 0.29) is 0 Å². The number of furan rings is 1. The Balaban J connectivity index is 2.93. The van der Waals surface area contributed by atoms with Gasteiger partial charge in [0.15, 0.2) is 5.58 Å². The van der Waals surface area contributed by atoms with Crippen LogP contribution in [-0.2, 0) is 0 Å². The van der Waals surface area contributed by atoms with E-state index in [9.17, 15) is 0 Å². The summed E-state index contributed by atoms with van der Waals surface area (Å²) in [5.74, 6) is 0. The number of rotatable bonds is 0. The Labute approximate surface area is 71.4 Å². The van der Waals surface area contributed by atoms with E-state index in [0.717, 1.165) is 14.5 Å². The van der Waals surface area contributed by atoms with Crippen molar-refractivity contribution in [1.82, 2.24) is 4.98 Å². The molecule has 0 saturated carbocycles. The van der Waals surface area contributed by atoms with Gasteiger partial charge in [-0.1, -0.05) is 0 Å². The molecule has 3 heteroatoms. The molecule has 0 unspecified atom stereocenters. The predicted octanol–water partition coefficient (Wildman–Crippen LogP) is 2.43. The van der Waals surface area contributed by atoms with Crippen LogP contribution in [0.15, 0.2) is 29.1 Å². The summed E-state index contributed by atoms with van der Waals surface area (Å²) in [7, 11) is 0. The third-order valence-corrected chi connectivity index (χ3v) is 2.17. The Kier molecular flexibility index (Phi) is 1.37. The van der Waals surface area contributed by atoms with Crippen LogP contribution in [0.4, 0.5) is 0 Å². The highest BCUT2D eigenvalue weighted by Gasteiger charge is 1.99. The third-order valence-electron chi connectivity index (χ3n) is 1.33. The van der Waals surface area contributed by atoms with Crippen molar-refractivity contribution in [3.63, 3.8) is 0 Å². The fraction of sp³-hybridized carbons (Fsp3) is 0. The summed E-state index contributed by atoms with van der Waals surface area (Å²) in [5, 5.41) is 1.13. The highest BCUT2D eigenvalue weighted by atomic mass is 127. The topological polar surface area (TPSA) is 26.0 Å². The lowest BCUT2D eigenvalue weighted by atomic mass is 10.3. The van der Waals surface area contributed by atoms with Gasteiger partial charge in [0.1, 0.15) is 6.26 Å². The van der Waals surface area contributed by atoms with Crippen LogP contribution >= 0.6 is 22.6 Å². The zero-order chi connectivity index (χ0) is 6.97. The van der Waals surface area contributed by atoms with Gasteiger partial charge >= 0.3 is 0 Å². The molecule has 2 nitrogen and oxygen atoms in total. The molecule has 2 aromatic rings. The average Bonchev–Trinajstić information content (AvgIpc) is 2.34. The van der Waals surface area contributed by atoms with Crippen LogP contribution in [0.25, 0.3) is 11.0 Å². The molecule has 0 aliphatic carbocycles. The summed E-state index contributed by atoms with van der Waals surface area (Å²) < 4.78 is 6.31. The number of aromatic nitrogens is 1. The number of hydrogen-bond donors (Lipinski definition) is 0. The molecule has 0 bridgehead atoms. The molecule has 0 fully saturated rings. The lowest BCUT2D eigenvalue weighted by Crippen LogP contribution is -1.68. The fourth-order valence-corrected chi connectivity index (χ4v) is 1.42. The van der Waals surface area contributed by atoms with Crippen molar-refractivity contribution in [2.45, 2.75) is 0 Å². The van der Waals surface area contributed by atoms with Gasteiger partial charge in [0.2, 0.25) is 0 Å². The smallest absolute Gasteiger partial charge is 0.153 e. The first kappa shape index (κ1) is 6.15. The lowest BCUT2D eigenvalue weighted by Gasteiger charge is -1.83. The van der Waals surface area contributed by atoms with Crippen LogP contribution in [-0.4, -0.2) is 4.98 Å². The van der Waals surface area contributed by atoms with Crippen LogP contribution in [0.2, 0.25) is 0 Å². The monoisotopic (exact) mass is 245 g/mol. The summed E-state index contributed by atoms with van der Waals surface area (Å²) in [6.45, 7) is 0. The van der Waals surface area contributed by atoms with E-state index >= 15 is 0 Å². The summed E-state index contributed by atoms with van der Waals surface area (Å²) in [4.78, 5) is 3.93. The van der Waals surface area contributed by atoms with Crippen molar-refractivity contribution in [3.8, 4) is 0 Å². The molecule has 0 amide bonds. The molecule has 0 aromatic carbocycles. The molecule has 0 aliphatic heterocycles. The quantitative estimate of drug-likeness (QED) is 0.666. The Morgan fingerprint density at radius 3 is 3.20 bits per heavy atom. The van der Waals surface area contributed by atoms with Crippen molar-refractivity contribution >= 4 is 33.6 Å². The average molecular weight is 245 g/mol. The largest absolute Gasteiger partial charge is 0.462 e. The number of fused-ring (bicyclic) bond motifs is 1. The fourth-order valence-electron chi connectivity index (χ4n) is 0.850. The maximum Gasteiger partial charge on any atom is 0.153 e. The maximum absolute atomic E-state index is 5.18. The van der Waals surface area contributed by atoms with Gasteiger partial charge in [0, 0.05) is 11.6 Å². The van der Waals surface area contributed by atoms with Gasteiger partial charge in [0.05, 0.1) is 9.77 Å². The van der Waals surface area contributed by atoms with E-state index in [2.05, 4.69) is 27.6 Å². The number of nitrogens with zero attached hydrogens (tertiary/aromatic N) is 1. The highest BCUT2D eigenvalue weighted by Crippen LogP contribution is 2.20. The molecule has 0 radical (unpaired) electrons. The van der Waals surface area contributed by atoms with E-state index in [1.54, 1.807) is 18.7 Å². The molecular weight excluding hydrogens is 241 g/mol. The van der Waals surface area contributed by atoms with Crippen LogP contribution < -0.4 is 0 Å². The molecule has 0 saturated heterocycles. The zero-order valence-electron chi connectivity index (χ0n) is 5.04. The minimum Gasteiger partial charge on any atom is -0.462 e. The first-order valence-corrected chi connectivity index (χ1v) is 3.92. The predicted molar refractivity (Wildman–Crippen MR) is 46.7 cm³/mol. The van der Waals surface area contributed by atoms with E-state index in [1.165, 1.54) is 0 Å². The Morgan fingerprint density at radius 2 is 2.40 bits per heavy atom. The van der Waals surface area contributed by atoms with E-state index < -0.39 is 0 Å². The molecule has 2 aromatic heterocycles. The lowest BCUT2D eigenvalue weighted by molar-refractivity contribution is 0.612. The highest BCUT2D eigenvalue weighted by molar-refractivity contribution is 14.1. The molecule has 0 aliphatic rings. The Bertz CT molecular complexity index is 355. The molecule has 2 rings (SSSR count). The van der Waals surface area contributed by atoms with Gasteiger partial charge in [-0.15, -0.1) is 0 Å². The van der Waals surface area contributed by atoms with E-state index in [1.807, 2.05) is 6.07 Å².